The fraction of sp³-hybridized carbons (Fsp3) is 0. The first-order valence-electron chi connectivity index (χ1n) is 1.45. The Balaban J connectivity index is 3.05. The summed E-state index contributed by atoms with van der Waals surface area (Å²) in [7, 11) is -0.395. The van der Waals surface area contributed by atoms with Crippen molar-refractivity contribution >= 4 is 10.9 Å². The molecule has 0 saturated heterocycles. The van der Waals surface area contributed by atoms with Crippen LogP contribution in [0.5, 0.6) is 0 Å². The third-order valence-electron chi connectivity index (χ3n) is 0.408. The molecule has 1 unspecified atom stereocenters. The van der Waals surface area contributed by atoms with E-state index in [1.165, 1.54) is 0 Å². The van der Waals surface area contributed by atoms with Crippen molar-refractivity contribution in [3.05, 3.63) is 11.6 Å². The molecule has 1 aromatic heterocycles. The van der Waals surface area contributed by atoms with Crippen LogP contribution in [0.25, 0.3) is 0 Å². The van der Waals surface area contributed by atoms with Gasteiger partial charge in [-0.3, -0.25) is 0 Å². The number of rotatable bonds is 0. The Hall–Kier alpha value is -0.480. The molecule has 0 aliphatic rings. The highest BCUT2D eigenvalue weighted by Gasteiger charge is 1.90. The van der Waals surface area contributed by atoms with Crippen LogP contribution >= 0.6 is 10.9 Å². The number of hydrogen-bond acceptors (Lipinski definition) is 3. The highest BCUT2D eigenvalue weighted by Crippen LogP contribution is 1.93. The molecule has 1 rings (SSSR count). The van der Waals surface area contributed by atoms with Gasteiger partial charge in [-0.2, -0.15) is 0 Å². The molecule has 3 nitrogen and oxygen atoms in total. The molecule has 0 saturated carbocycles. The molecule has 4 heteroatoms. The summed E-state index contributed by atoms with van der Waals surface area (Å²) in [5.74, 6) is 0. The Bertz CT molecular complexity index is 112. The predicted molar refractivity (Wildman–Crippen MR) is 24.7 cm³/mol. The standard InChI is InChI=1S/C2H3N3S/c3-6-2-1-4-5-6/h1-3H/p+1. The van der Waals surface area contributed by atoms with E-state index in [0.29, 0.717) is 0 Å². The Morgan fingerprint density at radius 2 is 2.50 bits per heavy atom. The molecule has 0 aliphatic heterocycles. The Labute approximate surface area is 38.1 Å². The molecule has 32 valence electrons. The van der Waals surface area contributed by atoms with E-state index in [0.717, 1.165) is 0 Å². The summed E-state index contributed by atoms with van der Waals surface area (Å²) >= 11 is 0. The van der Waals surface area contributed by atoms with Gasteiger partial charge in [-0.1, -0.05) is 0 Å². The summed E-state index contributed by atoms with van der Waals surface area (Å²) < 4.78 is 3.56. The minimum atomic E-state index is -0.395. The van der Waals surface area contributed by atoms with Crippen LogP contribution in [0.4, 0.5) is 0 Å². The third-order valence-corrected chi connectivity index (χ3v) is 1.09. The van der Waals surface area contributed by atoms with Gasteiger partial charge in [-0.05, 0) is 0 Å². The van der Waals surface area contributed by atoms with Crippen LogP contribution in [0.3, 0.4) is 0 Å². The van der Waals surface area contributed by atoms with Crippen LogP contribution in [0.1, 0.15) is 0 Å². The van der Waals surface area contributed by atoms with Crippen molar-refractivity contribution in [2.75, 3.05) is 5.14 Å². The van der Waals surface area contributed by atoms with E-state index in [2.05, 4.69) is 9.59 Å². The van der Waals surface area contributed by atoms with Crippen LogP contribution in [0.2, 0.25) is 0 Å². The maximum atomic E-state index is 5.22. The van der Waals surface area contributed by atoms with Gasteiger partial charge in [0.25, 0.3) is 0 Å². The minimum Gasteiger partial charge on any atom is -0.107 e. The average molecular weight is 102 g/mol. The summed E-state index contributed by atoms with van der Waals surface area (Å²) in [5, 5.41) is 10.5. The summed E-state index contributed by atoms with van der Waals surface area (Å²) in [6.07, 6.45) is 1.60. The minimum absolute atomic E-state index is 0.395. The van der Waals surface area contributed by atoms with Gasteiger partial charge in [0.15, 0.2) is 0 Å². The third kappa shape index (κ3) is 0.526. The summed E-state index contributed by atoms with van der Waals surface area (Å²) in [6, 6.07) is 0. The monoisotopic (exact) mass is 102 g/mol. The van der Waals surface area contributed by atoms with E-state index in [1.807, 2.05) is 0 Å². The summed E-state index contributed by atoms with van der Waals surface area (Å²) in [4.78, 5) is 0. The first-order valence-corrected chi connectivity index (χ1v) is 2.75. The largest absolute Gasteiger partial charge is 0.207 e. The zero-order chi connectivity index (χ0) is 4.41. The fourth-order valence-corrected chi connectivity index (χ4v) is 0.595. The normalized spacial score (nSPS) is 11.8. The van der Waals surface area contributed by atoms with Crippen molar-refractivity contribution in [2.24, 2.45) is 0 Å². The maximum absolute atomic E-state index is 5.22. The van der Waals surface area contributed by atoms with E-state index in [4.69, 9.17) is 5.14 Å². The summed E-state index contributed by atoms with van der Waals surface area (Å²) in [6.45, 7) is 0. The molecule has 1 heterocycles. The van der Waals surface area contributed by atoms with Gasteiger partial charge < -0.3 is 0 Å². The lowest BCUT2D eigenvalue weighted by molar-refractivity contribution is 1.15. The Morgan fingerprint density at radius 3 is 2.67 bits per heavy atom. The molecule has 6 heavy (non-hydrogen) atoms. The molecule has 0 radical (unpaired) electrons. The van der Waals surface area contributed by atoms with Crippen molar-refractivity contribution in [3.63, 3.8) is 0 Å². The molecule has 2 N–H and O–H groups in total. The van der Waals surface area contributed by atoms with Crippen LogP contribution in [-0.4, -0.2) is 9.59 Å². The zero-order valence-electron chi connectivity index (χ0n) is 3.03. The maximum Gasteiger partial charge on any atom is 0.207 e. The van der Waals surface area contributed by atoms with E-state index >= 15 is 0 Å². The predicted octanol–water partition coefficient (Wildman–Crippen LogP) is -0.0605. The lowest BCUT2D eigenvalue weighted by Gasteiger charge is -1.50. The van der Waals surface area contributed by atoms with Gasteiger partial charge in [-0.25, -0.2) is 0 Å². The van der Waals surface area contributed by atoms with Crippen molar-refractivity contribution in [3.8, 4) is 0 Å². The number of nitrogens with two attached hydrogens (primary N) is 1. The fourth-order valence-electron chi connectivity index (χ4n) is 0.198. The highest BCUT2D eigenvalue weighted by molar-refractivity contribution is 7.24. The van der Waals surface area contributed by atoms with Crippen molar-refractivity contribution in [2.45, 2.75) is 0 Å². The molecular formula is C2H4N3S+. The van der Waals surface area contributed by atoms with E-state index in [1.54, 1.807) is 11.6 Å². The van der Waals surface area contributed by atoms with Crippen LogP contribution in [0, 0.1) is 0 Å². The highest BCUT2D eigenvalue weighted by atomic mass is 32.2. The Kier molecular flexibility index (Phi) is 0.813. The van der Waals surface area contributed by atoms with Crippen molar-refractivity contribution in [1.29, 1.82) is 0 Å². The smallest absolute Gasteiger partial charge is 0.107 e. The zero-order valence-corrected chi connectivity index (χ0v) is 3.85. The molecule has 0 spiro atoms. The lowest BCUT2D eigenvalue weighted by Crippen LogP contribution is -1.76. The number of aromatic nitrogens is 2. The molecular weight excluding hydrogens is 98.1 g/mol. The first kappa shape index (κ1) is 3.70. The lowest BCUT2D eigenvalue weighted by atomic mass is 11.1. The SMILES string of the molecule is N[s+]1ccnn1. The quantitative estimate of drug-likeness (QED) is 0.467. The molecule has 0 aromatic carbocycles. The van der Waals surface area contributed by atoms with Gasteiger partial charge >= 0.3 is 0 Å². The molecule has 0 bridgehead atoms. The number of hydrogen-bond donors (Lipinski definition) is 1. The second-order valence-electron chi connectivity index (χ2n) is 0.829. The molecule has 0 fully saturated rings. The average Bonchev–Trinajstić information content (AvgIpc) is 1.86. The first-order chi connectivity index (χ1) is 2.89. The van der Waals surface area contributed by atoms with Gasteiger partial charge in [0.2, 0.25) is 16.2 Å². The molecule has 1 aromatic rings. The Morgan fingerprint density at radius 1 is 1.67 bits per heavy atom. The van der Waals surface area contributed by atoms with Crippen molar-refractivity contribution in [1.82, 2.24) is 9.59 Å². The second kappa shape index (κ2) is 1.32. The number of nitrogen functional groups attached to an aromatic ring is 1. The van der Waals surface area contributed by atoms with Crippen LogP contribution in [-0.2, 0) is 0 Å². The van der Waals surface area contributed by atoms with Gasteiger partial charge in [0.1, 0.15) is 6.20 Å². The van der Waals surface area contributed by atoms with Crippen LogP contribution in [0.15, 0.2) is 11.6 Å². The van der Waals surface area contributed by atoms with Crippen molar-refractivity contribution < 1.29 is 0 Å². The molecule has 0 amide bonds. The van der Waals surface area contributed by atoms with E-state index < -0.39 is 10.9 Å². The topological polar surface area (TPSA) is 51.8 Å². The van der Waals surface area contributed by atoms with Gasteiger partial charge in [0.05, 0.1) is 4.49 Å². The van der Waals surface area contributed by atoms with Gasteiger partial charge in [0, 0.05) is 0 Å². The van der Waals surface area contributed by atoms with Crippen LogP contribution < -0.4 is 5.14 Å². The second-order valence-corrected chi connectivity index (χ2v) is 1.96. The van der Waals surface area contributed by atoms with E-state index in [9.17, 15) is 0 Å². The molecule has 0 aliphatic carbocycles. The number of nitrogens with zero attached hydrogens (tertiary/aromatic N) is 2. The van der Waals surface area contributed by atoms with Gasteiger partial charge in [-0.15, -0.1) is 10.2 Å². The molecule has 1 atom stereocenters. The van der Waals surface area contributed by atoms with E-state index in [-0.39, 0.29) is 0 Å². The summed E-state index contributed by atoms with van der Waals surface area (Å²) in [5.41, 5.74) is 0.